The van der Waals surface area contributed by atoms with Crippen LogP contribution >= 0.6 is 0 Å². The van der Waals surface area contributed by atoms with E-state index in [4.69, 9.17) is 18.9 Å². The Kier molecular flexibility index (Phi) is 6.90. The highest BCUT2D eigenvalue weighted by atomic mass is 16.6. The number of amides is 1. The lowest BCUT2D eigenvalue weighted by Gasteiger charge is -2.22. The maximum atomic E-state index is 11.8. The zero-order chi connectivity index (χ0) is 19.2. The number of methoxy groups -OCH3 is 3. The monoisotopic (exact) mass is 355 g/mol. The molecule has 1 aromatic rings. The van der Waals surface area contributed by atoms with Crippen molar-refractivity contribution in [2.45, 2.75) is 38.8 Å². The van der Waals surface area contributed by atoms with Crippen LogP contribution in [0.15, 0.2) is 12.1 Å². The van der Waals surface area contributed by atoms with Crippen molar-refractivity contribution in [3.8, 4) is 17.2 Å². The lowest BCUT2D eigenvalue weighted by atomic mass is 10.0. The average Bonchev–Trinajstić information content (AvgIpc) is 2.51. The average molecular weight is 355 g/mol. The van der Waals surface area contributed by atoms with Gasteiger partial charge < -0.3 is 29.4 Å². The first-order chi connectivity index (χ1) is 11.6. The summed E-state index contributed by atoms with van der Waals surface area (Å²) >= 11 is 0. The zero-order valence-corrected chi connectivity index (χ0v) is 15.3. The van der Waals surface area contributed by atoms with Crippen molar-refractivity contribution in [1.82, 2.24) is 5.32 Å². The van der Waals surface area contributed by atoms with Crippen molar-refractivity contribution >= 4 is 12.1 Å². The summed E-state index contributed by atoms with van der Waals surface area (Å²) in [4.78, 5) is 23.3. The van der Waals surface area contributed by atoms with Crippen molar-refractivity contribution in [1.29, 1.82) is 0 Å². The Morgan fingerprint density at radius 2 is 1.60 bits per heavy atom. The predicted octanol–water partition coefficient (Wildman–Crippen LogP) is 2.23. The van der Waals surface area contributed by atoms with Gasteiger partial charge in [-0.3, -0.25) is 0 Å². The molecule has 0 aliphatic rings. The van der Waals surface area contributed by atoms with Gasteiger partial charge in [-0.15, -0.1) is 0 Å². The second-order valence-electron chi connectivity index (χ2n) is 6.27. The van der Waals surface area contributed by atoms with Gasteiger partial charge in [0.15, 0.2) is 11.5 Å². The first-order valence-corrected chi connectivity index (χ1v) is 7.62. The summed E-state index contributed by atoms with van der Waals surface area (Å²) in [5.41, 5.74) is -0.127. The number of aliphatic carboxylic acids is 1. The van der Waals surface area contributed by atoms with Gasteiger partial charge in [0.2, 0.25) is 5.75 Å². The molecule has 8 nitrogen and oxygen atoms in total. The van der Waals surface area contributed by atoms with Crippen LogP contribution < -0.4 is 19.5 Å². The summed E-state index contributed by atoms with van der Waals surface area (Å²) < 4.78 is 20.8. The van der Waals surface area contributed by atoms with E-state index in [1.807, 2.05) is 0 Å². The van der Waals surface area contributed by atoms with Gasteiger partial charge >= 0.3 is 12.1 Å². The first-order valence-electron chi connectivity index (χ1n) is 7.62. The lowest BCUT2D eigenvalue weighted by Crippen LogP contribution is -2.44. The molecule has 8 heteroatoms. The van der Waals surface area contributed by atoms with E-state index in [0.29, 0.717) is 22.8 Å². The van der Waals surface area contributed by atoms with Gasteiger partial charge in [0.1, 0.15) is 11.6 Å². The number of rotatable bonds is 7. The van der Waals surface area contributed by atoms with Crippen LogP contribution in [0.2, 0.25) is 0 Å². The molecule has 25 heavy (non-hydrogen) atoms. The number of benzene rings is 1. The number of carboxylic acids is 1. The molecule has 1 amide bonds. The second-order valence-corrected chi connectivity index (χ2v) is 6.27. The summed E-state index contributed by atoms with van der Waals surface area (Å²) in [5.74, 6) is 0.0249. The van der Waals surface area contributed by atoms with Crippen molar-refractivity contribution < 1.29 is 33.6 Å². The van der Waals surface area contributed by atoms with Crippen molar-refractivity contribution in [2.75, 3.05) is 21.3 Å². The highest BCUT2D eigenvalue weighted by Crippen LogP contribution is 2.38. The zero-order valence-electron chi connectivity index (χ0n) is 15.3. The fourth-order valence-electron chi connectivity index (χ4n) is 2.14. The molecule has 1 atom stereocenters. The fraction of sp³-hybridized carbons (Fsp3) is 0.529. The molecular weight excluding hydrogens is 330 g/mol. The molecule has 0 bridgehead atoms. The van der Waals surface area contributed by atoms with Crippen LogP contribution in [0.25, 0.3) is 0 Å². The normalized spacial score (nSPS) is 12.1. The predicted molar refractivity (Wildman–Crippen MR) is 90.6 cm³/mol. The van der Waals surface area contributed by atoms with E-state index < -0.39 is 23.7 Å². The SMILES string of the molecule is COc1cc(C[C@H](NC(=O)OC(C)(C)C)C(=O)O)cc(OC)c1OC. The third-order valence-corrected chi connectivity index (χ3v) is 3.15. The Morgan fingerprint density at radius 3 is 1.96 bits per heavy atom. The summed E-state index contributed by atoms with van der Waals surface area (Å²) in [7, 11) is 4.41. The number of carboxylic acid groups (broad SMARTS) is 1. The molecule has 0 fully saturated rings. The van der Waals surface area contributed by atoms with Gasteiger partial charge in [0, 0.05) is 6.42 Å². The van der Waals surface area contributed by atoms with Crippen molar-refractivity contribution in [3.63, 3.8) is 0 Å². The van der Waals surface area contributed by atoms with Crippen LogP contribution in [-0.2, 0) is 16.0 Å². The van der Waals surface area contributed by atoms with Crippen LogP contribution in [0.1, 0.15) is 26.3 Å². The molecule has 2 N–H and O–H groups in total. The Morgan fingerprint density at radius 1 is 1.08 bits per heavy atom. The molecule has 0 spiro atoms. The van der Waals surface area contributed by atoms with E-state index in [1.165, 1.54) is 21.3 Å². The summed E-state index contributed by atoms with van der Waals surface area (Å²) in [6.07, 6.45) is -0.780. The van der Waals surface area contributed by atoms with Crippen molar-refractivity contribution in [2.24, 2.45) is 0 Å². The van der Waals surface area contributed by atoms with E-state index in [2.05, 4.69) is 5.32 Å². The molecule has 140 valence electrons. The van der Waals surface area contributed by atoms with Crippen LogP contribution in [0, 0.1) is 0 Å². The maximum absolute atomic E-state index is 11.8. The molecule has 1 rings (SSSR count). The Bertz CT molecular complexity index is 597. The number of nitrogens with one attached hydrogen (secondary N) is 1. The van der Waals surface area contributed by atoms with Crippen LogP contribution in [0.3, 0.4) is 0 Å². The Labute approximate surface area is 147 Å². The standard InChI is InChI=1S/C17H25NO7/c1-17(2,3)25-16(21)18-11(15(19)20)7-10-8-12(22-4)14(24-6)13(9-10)23-5/h8-9,11H,7H2,1-6H3,(H,18,21)(H,19,20)/t11-/m0/s1. The van der Waals surface area contributed by atoms with E-state index in [-0.39, 0.29) is 6.42 Å². The molecular formula is C17H25NO7. The maximum Gasteiger partial charge on any atom is 0.408 e. The highest BCUT2D eigenvalue weighted by molar-refractivity contribution is 5.80. The summed E-state index contributed by atoms with van der Waals surface area (Å²) in [5, 5.41) is 11.7. The number of hydrogen-bond donors (Lipinski definition) is 2. The minimum atomic E-state index is -1.18. The molecule has 0 saturated heterocycles. The minimum Gasteiger partial charge on any atom is -0.493 e. The third kappa shape index (κ3) is 6.06. The molecule has 0 saturated carbocycles. The molecule has 0 unspecified atom stereocenters. The molecule has 0 radical (unpaired) electrons. The highest BCUT2D eigenvalue weighted by Gasteiger charge is 2.25. The topological polar surface area (TPSA) is 103 Å². The molecule has 1 aromatic carbocycles. The molecule has 0 aliphatic heterocycles. The van der Waals surface area contributed by atoms with Gasteiger partial charge in [-0.2, -0.15) is 0 Å². The lowest BCUT2D eigenvalue weighted by molar-refractivity contribution is -0.139. The number of alkyl carbamates (subject to hydrolysis) is 1. The largest absolute Gasteiger partial charge is 0.493 e. The first kappa shape index (κ1) is 20.4. The van der Waals surface area contributed by atoms with Gasteiger partial charge in [-0.05, 0) is 38.5 Å². The third-order valence-electron chi connectivity index (χ3n) is 3.15. The van der Waals surface area contributed by atoms with Crippen molar-refractivity contribution in [3.05, 3.63) is 17.7 Å². The Hall–Kier alpha value is -2.64. The van der Waals surface area contributed by atoms with Gasteiger partial charge in [0.25, 0.3) is 0 Å². The summed E-state index contributed by atoms with van der Waals surface area (Å²) in [6.45, 7) is 5.09. The van der Waals surface area contributed by atoms with Crippen LogP contribution in [0.4, 0.5) is 4.79 Å². The Balaban J connectivity index is 3.02. The van der Waals surface area contributed by atoms with E-state index >= 15 is 0 Å². The van der Waals surface area contributed by atoms with Gasteiger partial charge in [-0.1, -0.05) is 0 Å². The van der Waals surface area contributed by atoms with Gasteiger partial charge in [-0.25, -0.2) is 9.59 Å². The van der Waals surface area contributed by atoms with E-state index in [1.54, 1.807) is 32.9 Å². The van der Waals surface area contributed by atoms with Crippen LogP contribution in [0.5, 0.6) is 17.2 Å². The fourth-order valence-corrected chi connectivity index (χ4v) is 2.14. The molecule has 0 aromatic heterocycles. The van der Waals surface area contributed by atoms with E-state index in [9.17, 15) is 14.7 Å². The number of ether oxygens (including phenoxy) is 4. The quantitative estimate of drug-likeness (QED) is 0.773. The smallest absolute Gasteiger partial charge is 0.408 e. The second kappa shape index (κ2) is 8.46. The number of carbonyl (C=O) groups excluding carboxylic acids is 1. The molecule has 0 heterocycles. The number of hydrogen-bond acceptors (Lipinski definition) is 6. The summed E-state index contributed by atoms with van der Waals surface area (Å²) in [6, 6.07) is 2.10. The van der Waals surface area contributed by atoms with E-state index in [0.717, 1.165) is 0 Å². The minimum absolute atomic E-state index is 0.0191. The number of carbonyl (C=O) groups is 2. The molecule has 0 aliphatic carbocycles. The van der Waals surface area contributed by atoms with Gasteiger partial charge in [0.05, 0.1) is 21.3 Å². The van der Waals surface area contributed by atoms with Crippen LogP contribution in [-0.4, -0.2) is 50.1 Å².